The van der Waals surface area contributed by atoms with Gasteiger partial charge in [0, 0.05) is 48.8 Å². The molecule has 0 radical (unpaired) electrons. The Kier molecular flexibility index (Phi) is 5.39. The third-order valence-corrected chi connectivity index (χ3v) is 5.45. The zero-order valence-corrected chi connectivity index (χ0v) is 15.8. The first-order chi connectivity index (χ1) is 13.3. The van der Waals surface area contributed by atoms with Crippen molar-refractivity contribution in [3.63, 3.8) is 0 Å². The minimum Gasteiger partial charge on any atom is -0.355 e. The van der Waals surface area contributed by atoms with Gasteiger partial charge in [0.1, 0.15) is 0 Å². The van der Waals surface area contributed by atoms with E-state index in [0.717, 1.165) is 41.6 Å². The highest BCUT2D eigenvalue weighted by atomic mass is 32.1. The second-order valence-corrected chi connectivity index (χ2v) is 7.46. The Morgan fingerprint density at radius 1 is 1.15 bits per heavy atom. The molecule has 0 spiro atoms. The molecule has 6 nitrogen and oxygen atoms in total. The van der Waals surface area contributed by atoms with E-state index in [4.69, 9.17) is 0 Å². The van der Waals surface area contributed by atoms with Crippen molar-refractivity contribution < 1.29 is 4.79 Å². The second-order valence-electron chi connectivity index (χ2n) is 6.48. The fourth-order valence-corrected chi connectivity index (χ4v) is 3.80. The van der Waals surface area contributed by atoms with Gasteiger partial charge in [-0.3, -0.25) is 4.79 Å². The number of thiazole rings is 1. The first-order valence-corrected chi connectivity index (χ1v) is 10.0. The molecule has 3 heterocycles. The van der Waals surface area contributed by atoms with Gasteiger partial charge in [-0.15, -0.1) is 21.5 Å². The van der Waals surface area contributed by atoms with E-state index in [1.165, 1.54) is 12.8 Å². The van der Waals surface area contributed by atoms with Crippen molar-refractivity contribution in [2.75, 3.05) is 24.5 Å². The normalized spacial score (nSPS) is 13.7. The lowest BCUT2D eigenvalue weighted by Gasteiger charge is -2.15. The van der Waals surface area contributed by atoms with E-state index >= 15 is 0 Å². The fraction of sp³-hybridized carbons (Fsp3) is 0.300. The van der Waals surface area contributed by atoms with Crippen LogP contribution in [0.1, 0.15) is 28.2 Å². The van der Waals surface area contributed by atoms with Crippen molar-refractivity contribution in [2.24, 2.45) is 0 Å². The summed E-state index contributed by atoms with van der Waals surface area (Å²) in [6, 6.07) is 11.5. The summed E-state index contributed by atoms with van der Waals surface area (Å²) in [6.45, 7) is 2.66. The summed E-state index contributed by atoms with van der Waals surface area (Å²) in [5.74, 6) is 0.836. The highest BCUT2D eigenvalue weighted by molar-refractivity contribution is 7.09. The number of nitrogens with zero attached hydrogens (tertiary/aromatic N) is 4. The molecule has 138 valence electrons. The molecule has 3 aromatic rings. The molecule has 0 aliphatic carbocycles. The molecule has 1 amide bonds. The van der Waals surface area contributed by atoms with Crippen molar-refractivity contribution in [1.29, 1.82) is 0 Å². The Morgan fingerprint density at radius 3 is 2.78 bits per heavy atom. The molecule has 0 atom stereocenters. The number of amides is 1. The Morgan fingerprint density at radius 2 is 2.04 bits per heavy atom. The molecule has 0 saturated carbocycles. The molecule has 7 heteroatoms. The van der Waals surface area contributed by atoms with Gasteiger partial charge in [-0.2, -0.15) is 0 Å². The number of rotatable bonds is 6. The third kappa shape index (κ3) is 4.31. The standard InChI is InChI=1S/C20H21N5OS/c26-20(22-9-8-19-21-10-13-27-19)16-5-3-4-15(14-16)17-6-7-18(24-23-17)25-11-1-2-12-25/h3-7,10,13-14H,1-2,8-9,11-12H2,(H,22,26). The number of benzene rings is 1. The van der Waals surface area contributed by atoms with Crippen molar-refractivity contribution in [3.05, 3.63) is 58.5 Å². The first-order valence-electron chi connectivity index (χ1n) is 9.15. The van der Waals surface area contributed by atoms with Crippen molar-refractivity contribution in [2.45, 2.75) is 19.3 Å². The summed E-state index contributed by atoms with van der Waals surface area (Å²) < 4.78 is 0. The summed E-state index contributed by atoms with van der Waals surface area (Å²) in [4.78, 5) is 18.9. The summed E-state index contributed by atoms with van der Waals surface area (Å²) in [5.41, 5.74) is 2.29. The van der Waals surface area contributed by atoms with Gasteiger partial charge in [0.2, 0.25) is 0 Å². The quantitative estimate of drug-likeness (QED) is 0.712. The van der Waals surface area contributed by atoms with E-state index in [-0.39, 0.29) is 5.91 Å². The first kappa shape index (κ1) is 17.6. The number of aromatic nitrogens is 3. The number of carbonyl (C=O) groups excluding carboxylic acids is 1. The van der Waals surface area contributed by atoms with Crippen LogP contribution in [0.5, 0.6) is 0 Å². The summed E-state index contributed by atoms with van der Waals surface area (Å²) >= 11 is 1.60. The van der Waals surface area contributed by atoms with Gasteiger partial charge >= 0.3 is 0 Å². The average molecular weight is 379 g/mol. The van der Waals surface area contributed by atoms with E-state index in [9.17, 15) is 4.79 Å². The molecule has 1 aliphatic heterocycles. The molecule has 1 aliphatic rings. The topological polar surface area (TPSA) is 71.0 Å². The van der Waals surface area contributed by atoms with Gasteiger partial charge in [0.15, 0.2) is 5.82 Å². The molecule has 1 saturated heterocycles. The monoisotopic (exact) mass is 379 g/mol. The van der Waals surface area contributed by atoms with Crippen molar-refractivity contribution in [3.8, 4) is 11.3 Å². The minimum absolute atomic E-state index is 0.0879. The van der Waals surface area contributed by atoms with E-state index in [1.807, 2.05) is 41.8 Å². The van der Waals surface area contributed by atoms with Crippen LogP contribution in [-0.4, -0.2) is 40.7 Å². The molecular formula is C20H21N5OS. The van der Waals surface area contributed by atoms with Crippen LogP contribution in [0.3, 0.4) is 0 Å². The fourth-order valence-electron chi connectivity index (χ4n) is 3.18. The lowest BCUT2D eigenvalue weighted by atomic mass is 10.1. The van der Waals surface area contributed by atoms with Crippen molar-refractivity contribution >= 4 is 23.1 Å². The van der Waals surface area contributed by atoms with Crippen LogP contribution in [0, 0.1) is 0 Å². The average Bonchev–Trinajstić information content (AvgIpc) is 3.42. The van der Waals surface area contributed by atoms with Crippen LogP contribution < -0.4 is 10.2 Å². The van der Waals surface area contributed by atoms with E-state index in [2.05, 4.69) is 25.4 Å². The second kappa shape index (κ2) is 8.26. The molecule has 1 N–H and O–H groups in total. The molecule has 4 rings (SSSR count). The number of hydrogen-bond donors (Lipinski definition) is 1. The maximum Gasteiger partial charge on any atom is 0.251 e. The van der Waals surface area contributed by atoms with Gasteiger partial charge in [-0.25, -0.2) is 4.98 Å². The predicted octanol–water partition coefficient (Wildman–Crippen LogP) is 3.17. The van der Waals surface area contributed by atoms with Gasteiger partial charge < -0.3 is 10.2 Å². The number of nitrogens with one attached hydrogen (secondary N) is 1. The smallest absolute Gasteiger partial charge is 0.251 e. The SMILES string of the molecule is O=C(NCCc1nccs1)c1cccc(-c2ccc(N3CCCC3)nn2)c1. The summed E-state index contributed by atoms with van der Waals surface area (Å²) in [6.07, 6.45) is 4.94. The minimum atomic E-state index is -0.0879. The molecule has 2 aromatic heterocycles. The summed E-state index contributed by atoms with van der Waals surface area (Å²) in [5, 5.41) is 14.6. The zero-order valence-electron chi connectivity index (χ0n) is 15.0. The van der Waals surface area contributed by atoms with Crippen LogP contribution in [0.2, 0.25) is 0 Å². The van der Waals surface area contributed by atoms with Gasteiger partial charge in [0.25, 0.3) is 5.91 Å². The van der Waals surface area contributed by atoms with Crippen LogP contribution in [-0.2, 0) is 6.42 Å². The molecular weight excluding hydrogens is 358 g/mol. The Bertz CT molecular complexity index is 889. The Labute approximate surface area is 162 Å². The Balaban J connectivity index is 1.41. The molecule has 1 aromatic carbocycles. The van der Waals surface area contributed by atoms with Gasteiger partial charge in [0.05, 0.1) is 10.7 Å². The van der Waals surface area contributed by atoms with Crippen LogP contribution in [0.25, 0.3) is 11.3 Å². The molecule has 0 bridgehead atoms. The lowest BCUT2D eigenvalue weighted by molar-refractivity contribution is 0.0954. The van der Waals surface area contributed by atoms with Crippen LogP contribution >= 0.6 is 11.3 Å². The number of hydrogen-bond acceptors (Lipinski definition) is 6. The highest BCUT2D eigenvalue weighted by Crippen LogP contribution is 2.21. The molecule has 27 heavy (non-hydrogen) atoms. The van der Waals surface area contributed by atoms with Gasteiger partial charge in [-0.1, -0.05) is 12.1 Å². The highest BCUT2D eigenvalue weighted by Gasteiger charge is 2.14. The van der Waals surface area contributed by atoms with Crippen LogP contribution in [0.15, 0.2) is 48.0 Å². The zero-order chi connectivity index (χ0) is 18.5. The van der Waals surface area contributed by atoms with E-state index in [1.54, 1.807) is 17.5 Å². The maximum absolute atomic E-state index is 12.4. The largest absolute Gasteiger partial charge is 0.355 e. The summed E-state index contributed by atoms with van der Waals surface area (Å²) in [7, 11) is 0. The number of carbonyl (C=O) groups is 1. The predicted molar refractivity (Wildman–Crippen MR) is 107 cm³/mol. The Hall–Kier alpha value is -2.80. The third-order valence-electron chi connectivity index (χ3n) is 4.61. The lowest BCUT2D eigenvalue weighted by Crippen LogP contribution is -2.25. The number of anilines is 1. The van der Waals surface area contributed by atoms with E-state index < -0.39 is 0 Å². The van der Waals surface area contributed by atoms with E-state index in [0.29, 0.717) is 12.1 Å². The molecule has 0 unspecified atom stereocenters. The maximum atomic E-state index is 12.4. The van der Waals surface area contributed by atoms with Gasteiger partial charge in [-0.05, 0) is 37.1 Å². The van der Waals surface area contributed by atoms with Crippen LogP contribution in [0.4, 0.5) is 5.82 Å². The molecule has 1 fully saturated rings. The van der Waals surface area contributed by atoms with Crippen molar-refractivity contribution in [1.82, 2.24) is 20.5 Å².